The average Bonchev–Trinajstić information content (AvgIpc) is 3.16. The van der Waals surface area contributed by atoms with Gasteiger partial charge in [-0.1, -0.05) is 13.0 Å². The van der Waals surface area contributed by atoms with Crippen LogP contribution in [0.3, 0.4) is 0 Å². The number of carbonyl (C=O) groups excluding carboxylic acids is 2. The van der Waals surface area contributed by atoms with Gasteiger partial charge in [0.15, 0.2) is 0 Å². The summed E-state index contributed by atoms with van der Waals surface area (Å²) in [6, 6.07) is 6.07. The standard InChI is InChI=1S/C22H30N4O2S/c1-4-20(27)23-8-5-18-14-29-21(24-18)17-6-9-26(10-7-17)22(28)25-19-12-15(2)11-16(3)13-19/h11-14,17H,4-10H2,1-3H3,(H,23,27)(H,25,28). The summed E-state index contributed by atoms with van der Waals surface area (Å²) in [5, 5.41) is 9.16. The lowest BCUT2D eigenvalue weighted by Crippen LogP contribution is -2.40. The maximum atomic E-state index is 12.6. The first-order valence-electron chi connectivity index (χ1n) is 10.3. The summed E-state index contributed by atoms with van der Waals surface area (Å²) in [4.78, 5) is 30.6. The van der Waals surface area contributed by atoms with Crippen LogP contribution in [-0.4, -0.2) is 41.5 Å². The highest BCUT2D eigenvalue weighted by atomic mass is 32.1. The Balaban J connectivity index is 1.47. The van der Waals surface area contributed by atoms with Crippen molar-refractivity contribution < 1.29 is 9.59 Å². The molecule has 2 aromatic rings. The third-order valence-corrected chi connectivity index (χ3v) is 6.25. The zero-order valence-electron chi connectivity index (χ0n) is 17.5. The average molecular weight is 415 g/mol. The highest BCUT2D eigenvalue weighted by Crippen LogP contribution is 2.30. The minimum Gasteiger partial charge on any atom is -0.356 e. The number of aryl methyl sites for hydroxylation is 2. The van der Waals surface area contributed by atoms with Crippen LogP contribution < -0.4 is 10.6 Å². The Hall–Kier alpha value is -2.41. The van der Waals surface area contributed by atoms with Crippen molar-refractivity contribution in [3.63, 3.8) is 0 Å². The van der Waals surface area contributed by atoms with Gasteiger partial charge in [-0.15, -0.1) is 11.3 Å². The van der Waals surface area contributed by atoms with Gasteiger partial charge in [0.25, 0.3) is 0 Å². The quantitative estimate of drug-likeness (QED) is 0.742. The molecular weight excluding hydrogens is 384 g/mol. The van der Waals surface area contributed by atoms with E-state index in [1.165, 1.54) is 0 Å². The molecule has 0 atom stereocenters. The van der Waals surface area contributed by atoms with Crippen molar-refractivity contribution in [2.75, 3.05) is 25.0 Å². The minimum absolute atomic E-state index is 0.0278. The molecule has 1 aromatic carbocycles. The van der Waals surface area contributed by atoms with Crippen molar-refractivity contribution in [1.82, 2.24) is 15.2 Å². The number of piperidine rings is 1. The van der Waals surface area contributed by atoms with E-state index >= 15 is 0 Å². The number of anilines is 1. The maximum absolute atomic E-state index is 12.6. The van der Waals surface area contributed by atoms with E-state index in [4.69, 9.17) is 4.98 Å². The number of aromatic nitrogens is 1. The van der Waals surface area contributed by atoms with Gasteiger partial charge in [-0.25, -0.2) is 9.78 Å². The van der Waals surface area contributed by atoms with Crippen LogP contribution >= 0.6 is 11.3 Å². The van der Waals surface area contributed by atoms with Crippen LogP contribution in [0.5, 0.6) is 0 Å². The molecule has 2 heterocycles. The third-order valence-electron chi connectivity index (χ3n) is 5.20. The molecule has 0 bridgehead atoms. The van der Waals surface area contributed by atoms with Crippen LogP contribution in [0.15, 0.2) is 23.6 Å². The number of amides is 3. The van der Waals surface area contributed by atoms with Crippen LogP contribution in [0.1, 0.15) is 53.9 Å². The Kier molecular flexibility index (Phi) is 7.25. The van der Waals surface area contributed by atoms with E-state index in [0.717, 1.165) is 59.9 Å². The Morgan fingerprint density at radius 3 is 2.52 bits per heavy atom. The second kappa shape index (κ2) is 9.87. The molecule has 1 saturated heterocycles. The zero-order chi connectivity index (χ0) is 20.8. The summed E-state index contributed by atoms with van der Waals surface area (Å²) in [6.07, 6.45) is 3.14. The molecule has 1 fully saturated rings. The van der Waals surface area contributed by atoms with Gasteiger partial charge in [0.05, 0.1) is 10.7 Å². The van der Waals surface area contributed by atoms with Crippen LogP contribution in [0.2, 0.25) is 0 Å². The number of likely N-dealkylation sites (tertiary alicyclic amines) is 1. The van der Waals surface area contributed by atoms with Crippen LogP contribution in [0.25, 0.3) is 0 Å². The van der Waals surface area contributed by atoms with E-state index < -0.39 is 0 Å². The van der Waals surface area contributed by atoms with E-state index in [0.29, 0.717) is 18.9 Å². The van der Waals surface area contributed by atoms with Gasteiger partial charge < -0.3 is 15.5 Å². The number of carbonyl (C=O) groups is 2. The maximum Gasteiger partial charge on any atom is 0.321 e. The molecule has 0 unspecified atom stereocenters. The molecule has 1 aliphatic heterocycles. The Labute approximate surface area is 176 Å². The summed E-state index contributed by atoms with van der Waals surface area (Å²) in [5.41, 5.74) is 4.19. The minimum atomic E-state index is -0.0278. The van der Waals surface area contributed by atoms with E-state index in [-0.39, 0.29) is 11.9 Å². The van der Waals surface area contributed by atoms with Gasteiger partial charge in [-0.05, 0) is 49.9 Å². The molecule has 156 valence electrons. The topological polar surface area (TPSA) is 74.3 Å². The fourth-order valence-corrected chi connectivity index (χ4v) is 4.68. The second-order valence-electron chi connectivity index (χ2n) is 7.70. The number of benzene rings is 1. The fraction of sp³-hybridized carbons (Fsp3) is 0.500. The van der Waals surface area contributed by atoms with Crippen LogP contribution in [0, 0.1) is 13.8 Å². The highest BCUT2D eigenvalue weighted by molar-refractivity contribution is 7.09. The Bertz CT molecular complexity index is 836. The molecular formula is C22H30N4O2S. The number of hydrogen-bond donors (Lipinski definition) is 2. The van der Waals surface area contributed by atoms with E-state index in [1.54, 1.807) is 11.3 Å². The van der Waals surface area contributed by atoms with E-state index in [1.807, 2.05) is 37.8 Å². The first-order valence-corrected chi connectivity index (χ1v) is 11.2. The van der Waals surface area contributed by atoms with Gasteiger partial charge in [0.1, 0.15) is 0 Å². The second-order valence-corrected chi connectivity index (χ2v) is 8.59. The predicted molar refractivity (Wildman–Crippen MR) is 118 cm³/mol. The van der Waals surface area contributed by atoms with Crippen molar-refractivity contribution in [2.24, 2.45) is 0 Å². The molecule has 2 N–H and O–H groups in total. The number of nitrogens with one attached hydrogen (secondary N) is 2. The van der Waals surface area contributed by atoms with Crippen molar-refractivity contribution in [1.29, 1.82) is 0 Å². The van der Waals surface area contributed by atoms with E-state index in [9.17, 15) is 9.59 Å². The third kappa shape index (κ3) is 6.03. The summed E-state index contributed by atoms with van der Waals surface area (Å²) in [7, 11) is 0. The van der Waals surface area contributed by atoms with Gasteiger partial charge in [0, 0.05) is 49.5 Å². The molecule has 3 rings (SSSR count). The zero-order valence-corrected chi connectivity index (χ0v) is 18.3. The molecule has 7 heteroatoms. The number of thiazole rings is 1. The van der Waals surface area contributed by atoms with Crippen molar-refractivity contribution in [2.45, 2.75) is 52.4 Å². The summed E-state index contributed by atoms with van der Waals surface area (Å²) < 4.78 is 0. The molecule has 6 nitrogen and oxygen atoms in total. The molecule has 3 amide bonds. The van der Waals surface area contributed by atoms with Crippen molar-refractivity contribution in [3.05, 3.63) is 45.4 Å². The predicted octanol–water partition coefficient (Wildman–Crippen LogP) is 4.24. The van der Waals surface area contributed by atoms with Gasteiger partial charge >= 0.3 is 6.03 Å². The lowest BCUT2D eigenvalue weighted by Gasteiger charge is -2.31. The molecule has 0 saturated carbocycles. The largest absolute Gasteiger partial charge is 0.356 e. The number of nitrogens with zero attached hydrogens (tertiary/aromatic N) is 2. The molecule has 0 radical (unpaired) electrons. The van der Waals surface area contributed by atoms with Gasteiger partial charge in [0.2, 0.25) is 5.91 Å². The monoisotopic (exact) mass is 414 g/mol. The summed E-state index contributed by atoms with van der Waals surface area (Å²) in [5.74, 6) is 0.483. The molecule has 1 aromatic heterocycles. The normalized spacial score (nSPS) is 14.7. The Morgan fingerprint density at radius 2 is 1.86 bits per heavy atom. The number of rotatable bonds is 6. The van der Waals surface area contributed by atoms with Gasteiger partial charge in [-0.2, -0.15) is 0 Å². The van der Waals surface area contributed by atoms with Gasteiger partial charge in [-0.3, -0.25) is 4.79 Å². The summed E-state index contributed by atoms with van der Waals surface area (Å²) in [6.45, 7) is 8.03. The van der Waals surface area contributed by atoms with Crippen LogP contribution in [0.4, 0.5) is 10.5 Å². The Morgan fingerprint density at radius 1 is 1.17 bits per heavy atom. The smallest absolute Gasteiger partial charge is 0.321 e. The van der Waals surface area contributed by atoms with Crippen molar-refractivity contribution >= 4 is 29.0 Å². The summed E-state index contributed by atoms with van der Waals surface area (Å²) >= 11 is 1.69. The van der Waals surface area contributed by atoms with Crippen molar-refractivity contribution in [3.8, 4) is 0 Å². The number of hydrogen-bond acceptors (Lipinski definition) is 4. The van der Waals surface area contributed by atoms with E-state index in [2.05, 4.69) is 22.1 Å². The highest BCUT2D eigenvalue weighted by Gasteiger charge is 2.25. The molecule has 0 aliphatic carbocycles. The number of urea groups is 1. The first-order chi connectivity index (χ1) is 13.9. The lowest BCUT2D eigenvalue weighted by molar-refractivity contribution is -0.120. The first kappa shape index (κ1) is 21.3. The molecule has 29 heavy (non-hydrogen) atoms. The lowest BCUT2D eigenvalue weighted by atomic mass is 9.98. The van der Waals surface area contributed by atoms with Crippen LogP contribution in [-0.2, 0) is 11.2 Å². The molecule has 1 aliphatic rings. The SMILES string of the molecule is CCC(=O)NCCc1csc(C2CCN(C(=O)Nc3cc(C)cc(C)c3)CC2)n1. The fourth-order valence-electron chi connectivity index (χ4n) is 3.66. The molecule has 0 spiro atoms.